The van der Waals surface area contributed by atoms with E-state index in [-0.39, 0.29) is 0 Å². The molecule has 0 spiro atoms. The Balaban J connectivity index is 1.68. The number of nitrogens with zero attached hydrogens (tertiary/aromatic N) is 1. The van der Waals surface area contributed by atoms with Crippen molar-refractivity contribution in [2.24, 2.45) is 0 Å². The molecule has 3 rings (SSSR count). The summed E-state index contributed by atoms with van der Waals surface area (Å²) in [6, 6.07) is 20.3. The molecule has 1 heterocycles. The molecule has 19 heavy (non-hydrogen) atoms. The van der Waals surface area contributed by atoms with Crippen LogP contribution in [0.5, 0.6) is 0 Å². The number of anilines is 1. The van der Waals surface area contributed by atoms with E-state index in [1.165, 1.54) is 42.5 Å². The summed E-state index contributed by atoms with van der Waals surface area (Å²) in [5, 5.41) is 0. The van der Waals surface area contributed by atoms with Crippen molar-refractivity contribution in [1.29, 1.82) is 0 Å². The van der Waals surface area contributed by atoms with Crippen LogP contribution in [0.3, 0.4) is 0 Å². The summed E-state index contributed by atoms with van der Waals surface area (Å²) in [6.07, 6.45) is 4.92. The molecule has 0 radical (unpaired) electrons. The van der Waals surface area contributed by atoms with Crippen LogP contribution in [0.2, 0.25) is 0 Å². The van der Waals surface area contributed by atoms with Gasteiger partial charge in [0.2, 0.25) is 0 Å². The molecule has 0 amide bonds. The average molecular weight is 251 g/mol. The molecule has 1 aliphatic rings. The standard InChI is InChI=1S/C18H21N/c1-19-17(13-11-15-7-3-2-4-8-15)14-12-16-9-5-6-10-18(16)19/h2-10,17H,11-14H2,1H3. The Bertz CT molecular complexity index is 532. The molecular formula is C18H21N. The number of hydrogen-bond donors (Lipinski definition) is 0. The second kappa shape index (κ2) is 5.48. The van der Waals surface area contributed by atoms with Gasteiger partial charge < -0.3 is 4.90 Å². The molecule has 1 nitrogen and oxygen atoms in total. The van der Waals surface area contributed by atoms with Crippen molar-refractivity contribution in [2.45, 2.75) is 31.7 Å². The first-order chi connectivity index (χ1) is 9.34. The third-order valence-corrected chi connectivity index (χ3v) is 4.28. The van der Waals surface area contributed by atoms with E-state index in [4.69, 9.17) is 0 Å². The monoisotopic (exact) mass is 251 g/mol. The Morgan fingerprint density at radius 1 is 1.00 bits per heavy atom. The molecule has 1 atom stereocenters. The smallest absolute Gasteiger partial charge is 0.0398 e. The fourth-order valence-corrected chi connectivity index (χ4v) is 3.09. The highest BCUT2D eigenvalue weighted by Crippen LogP contribution is 2.30. The molecule has 0 saturated heterocycles. The molecule has 0 N–H and O–H groups in total. The highest BCUT2D eigenvalue weighted by Gasteiger charge is 2.22. The zero-order valence-electron chi connectivity index (χ0n) is 11.5. The molecule has 2 aromatic carbocycles. The number of fused-ring (bicyclic) bond motifs is 1. The van der Waals surface area contributed by atoms with Gasteiger partial charge in [-0.05, 0) is 42.9 Å². The fraction of sp³-hybridized carbons (Fsp3) is 0.333. The van der Waals surface area contributed by atoms with E-state index in [2.05, 4.69) is 66.5 Å². The lowest BCUT2D eigenvalue weighted by Gasteiger charge is -2.36. The van der Waals surface area contributed by atoms with Crippen LogP contribution in [-0.4, -0.2) is 13.1 Å². The quantitative estimate of drug-likeness (QED) is 0.795. The number of aryl methyl sites for hydroxylation is 2. The lowest BCUT2D eigenvalue weighted by Crippen LogP contribution is -2.36. The zero-order chi connectivity index (χ0) is 13.1. The van der Waals surface area contributed by atoms with Gasteiger partial charge in [0, 0.05) is 18.8 Å². The molecule has 1 heteroatoms. The molecule has 2 aromatic rings. The van der Waals surface area contributed by atoms with Gasteiger partial charge in [0.05, 0.1) is 0 Å². The van der Waals surface area contributed by atoms with Gasteiger partial charge in [-0.25, -0.2) is 0 Å². The van der Waals surface area contributed by atoms with E-state index in [0.29, 0.717) is 6.04 Å². The normalized spacial score (nSPS) is 18.2. The number of benzene rings is 2. The zero-order valence-corrected chi connectivity index (χ0v) is 11.5. The van der Waals surface area contributed by atoms with Crippen molar-refractivity contribution in [3.05, 3.63) is 65.7 Å². The summed E-state index contributed by atoms with van der Waals surface area (Å²) in [6.45, 7) is 0. The Morgan fingerprint density at radius 2 is 1.74 bits per heavy atom. The van der Waals surface area contributed by atoms with E-state index < -0.39 is 0 Å². The van der Waals surface area contributed by atoms with Crippen LogP contribution in [-0.2, 0) is 12.8 Å². The topological polar surface area (TPSA) is 3.24 Å². The second-order valence-electron chi connectivity index (χ2n) is 5.46. The first kappa shape index (κ1) is 12.3. The fourth-order valence-electron chi connectivity index (χ4n) is 3.09. The van der Waals surface area contributed by atoms with Crippen molar-refractivity contribution >= 4 is 5.69 Å². The number of para-hydroxylation sites is 1. The van der Waals surface area contributed by atoms with Crippen LogP contribution >= 0.6 is 0 Å². The summed E-state index contributed by atoms with van der Waals surface area (Å²) < 4.78 is 0. The minimum absolute atomic E-state index is 0.676. The summed E-state index contributed by atoms with van der Waals surface area (Å²) in [5.74, 6) is 0. The SMILES string of the molecule is CN1c2ccccc2CCC1CCc1ccccc1. The molecule has 1 unspecified atom stereocenters. The maximum absolute atomic E-state index is 2.47. The van der Waals surface area contributed by atoms with Crippen molar-refractivity contribution in [3.8, 4) is 0 Å². The molecule has 98 valence electrons. The maximum atomic E-state index is 2.47. The van der Waals surface area contributed by atoms with E-state index in [1.807, 2.05) is 0 Å². The van der Waals surface area contributed by atoms with Crippen LogP contribution in [0.1, 0.15) is 24.0 Å². The van der Waals surface area contributed by atoms with Crippen LogP contribution in [0.25, 0.3) is 0 Å². The maximum Gasteiger partial charge on any atom is 0.0398 e. The molecule has 0 aromatic heterocycles. The summed E-state index contributed by atoms with van der Waals surface area (Å²) in [5.41, 5.74) is 4.38. The van der Waals surface area contributed by atoms with Gasteiger partial charge in [0.15, 0.2) is 0 Å². The minimum atomic E-state index is 0.676. The van der Waals surface area contributed by atoms with Crippen LogP contribution < -0.4 is 4.90 Å². The van der Waals surface area contributed by atoms with Gasteiger partial charge in [-0.2, -0.15) is 0 Å². The Morgan fingerprint density at radius 3 is 2.58 bits per heavy atom. The first-order valence-electron chi connectivity index (χ1n) is 7.19. The minimum Gasteiger partial charge on any atom is -0.371 e. The third-order valence-electron chi connectivity index (χ3n) is 4.28. The Labute approximate surface area is 115 Å². The molecule has 0 fully saturated rings. The number of rotatable bonds is 3. The summed E-state index contributed by atoms with van der Waals surface area (Å²) >= 11 is 0. The molecule has 0 aliphatic carbocycles. The van der Waals surface area contributed by atoms with Crippen LogP contribution in [0, 0.1) is 0 Å². The molecule has 1 aliphatic heterocycles. The lowest BCUT2D eigenvalue weighted by molar-refractivity contribution is 0.521. The van der Waals surface area contributed by atoms with Crippen molar-refractivity contribution in [3.63, 3.8) is 0 Å². The number of hydrogen-bond acceptors (Lipinski definition) is 1. The van der Waals surface area contributed by atoms with Crippen molar-refractivity contribution in [1.82, 2.24) is 0 Å². The van der Waals surface area contributed by atoms with Gasteiger partial charge in [-0.15, -0.1) is 0 Å². The highest BCUT2D eigenvalue weighted by molar-refractivity contribution is 5.55. The van der Waals surface area contributed by atoms with Crippen LogP contribution in [0.15, 0.2) is 54.6 Å². The lowest BCUT2D eigenvalue weighted by atomic mass is 9.92. The van der Waals surface area contributed by atoms with E-state index in [1.54, 1.807) is 0 Å². The molecule has 0 bridgehead atoms. The van der Waals surface area contributed by atoms with E-state index in [0.717, 1.165) is 0 Å². The van der Waals surface area contributed by atoms with E-state index >= 15 is 0 Å². The Hall–Kier alpha value is -1.76. The van der Waals surface area contributed by atoms with Gasteiger partial charge in [-0.3, -0.25) is 0 Å². The van der Waals surface area contributed by atoms with Gasteiger partial charge in [-0.1, -0.05) is 48.5 Å². The first-order valence-corrected chi connectivity index (χ1v) is 7.19. The highest BCUT2D eigenvalue weighted by atomic mass is 15.1. The van der Waals surface area contributed by atoms with Gasteiger partial charge in [0.25, 0.3) is 0 Å². The van der Waals surface area contributed by atoms with E-state index in [9.17, 15) is 0 Å². The molecule has 0 saturated carbocycles. The van der Waals surface area contributed by atoms with Gasteiger partial charge in [0.1, 0.15) is 0 Å². The largest absolute Gasteiger partial charge is 0.371 e. The van der Waals surface area contributed by atoms with Crippen molar-refractivity contribution < 1.29 is 0 Å². The predicted molar refractivity (Wildman–Crippen MR) is 81.7 cm³/mol. The average Bonchev–Trinajstić information content (AvgIpc) is 2.48. The van der Waals surface area contributed by atoms with Gasteiger partial charge >= 0.3 is 0 Å². The summed E-state index contributed by atoms with van der Waals surface area (Å²) in [4.78, 5) is 2.47. The third kappa shape index (κ3) is 2.65. The Kier molecular flexibility index (Phi) is 3.54. The molecular weight excluding hydrogens is 230 g/mol. The summed E-state index contributed by atoms with van der Waals surface area (Å²) in [7, 11) is 2.24. The second-order valence-corrected chi connectivity index (χ2v) is 5.46. The predicted octanol–water partition coefficient (Wildman–Crippen LogP) is 4.07. The van der Waals surface area contributed by atoms with Crippen molar-refractivity contribution in [2.75, 3.05) is 11.9 Å². The van der Waals surface area contributed by atoms with Crippen LogP contribution in [0.4, 0.5) is 5.69 Å².